The van der Waals surface area contributed by atoms with Crippen LogP contribution in [0.25, 0.3) is 11.0 Å². The third-order valence-electron chi connectivity index (χ3n) is 3.46. The van der Waals surface area contributed by atoms with Gasteiger partial charge in [0, 0.05) is 17.6 Å². The van der Waals surface area contributed by atoms with Gasteiger partial charge in [-0.25, -0.2) is 4.98 Å². The van der Waals surface area contributed by atoms with Gasteiger partial charge in [0.1, 0.15) is 0 Å². The van der Waals surface area contributed by atoms with Gasteiger partial charge in [-0.3, -0.25) is 4.98 Å². The minimum Gasteiger partial charge on any atom is -0.305 e. The Morgan fingerprint density at radius 2 is 1.76 bits per heavy atom. The molecule has 2 aromatic carbocycles. The van der Waals surface area contributed by atoms with Gasteiger partial charge in [-0.05, 0) is 36.8 Å². The van der Waals surface area contributed by atoms with Gasteiger partial charge in [-0.1, -0.05) is 35.9 Å². The van der Waals surface area contributed by atoms with Crippen LogP contribution in [0, 0.1) is 0 Å². The Labute approximate surface area is 129 Å². The number of hydrogen-bond acceptors (Lipinski definition) is 3. The van der Waals surface area contributed by atoms with E-state index in [1.165, 1.54) is 5.56 Å². The van der Waals surface area contributed by atoms with Gasteiger partial charge in [0.25, 0.3) is 0 Å². The largest absolute Gasteiger partial charge is 0.305 e. The van der Waals surface area contributed by atoms with E-state index in [-0.39, 0.29) is 6.04 Å². The van der Waals surface area contributed by atoms with E-state index in [0.717, 1.165) is 21.7 Å². The van der Waals surface area contributed by atoms with Gasteiger partial charge in [-0.2, -0.15) is 0 Å². The summed E-state index contributed by atoms with van der Waals surface area (Å²) in [6, 6.07) is 16.0. The predicted molar refractivity (Wildman–Crippen MR) is 86.2 cm³/mol. The smallest absolute Gasteiger partial charge is 0.0890 e. The number of halogens is 1. The maximum atomic E-state index is 5.91. The molecule has 3 nitrogen and oxygen atoms in total. The maximum absolute atomic E-state index is 5.91. The van der Waals surface area contributed by atoms with Crippen LogP contribution in [0.15, 0.2) is 54.7 Å². The molecule has 0 saturated heterocycles. The predicted octanol–water partition coefficient (Wildman–Crippen LogP) is 4.13. The summed E-state index contributed by atoms with van der Waals surface area (Å²) in [4.78, 5) is 9.03. The van der Waals surface area contributed by atoms with Crippen LogP contribution in [0.2, 0.25) is 5.02 Å². The summed E-state index contributed by atoms with van der Waals surface area (Å²) in [7, 11) is 0. The Morgan fingerprint density at radius 1 is 1.05 bits per heavy atom. The molecule has 1 unspecified atom stereocenters. The van der Waals surface area contributed by atoms with Crippen LogP contribution >= 0.6 is 11.6 Å². The van der Waals surface area contributed by atoms with Crippen LogP contribution in [0.1, 0.15) is 24.2 Å². The molecule has 1 heterocycles. The molecule has 3 rings (SSSR count). The Kier molecular flexibility index (Phi) is 4.13. The second-order valence-corrected chi connectivity index (χ2v) is 5.44. The Bertz CT molecular complexity index is 740. The lowest BCUT2D eigenvalue weighted by molar-refractivity contribution is 0.568. The lowest BCUT2D eigenvalue weighted by atomic mass is 10.1. The molecule has 0 saturated carbocycles. The molecule has 0 aliphatic rings. The van der Waals surface area contributed by atoms with Crippen molar-refractivity contribution in [3.63, 3.8) is 0 Å². The summed E-state index contributed by atoms with van der Waals surface area (Å²) in [6.07, 6.45) is 1.82. The van der Waals surface area contributed by atoms with Crippen LogP contribution in [-0.4, -0.2) is 9.97 Å². The van der Waals surface area contributed by atoms with Crippen LogP contribution in [0.5, 0.6) is 0 Å². The number of para-hydroxylation sites is 2. The van der Waals surface area contributed by atoms with E-state index in [9.17, 15) is 0 Å². The van der Waals surface area contributed by atoms with Gasteiger partial charge in [0.2, 0.25) is 0 Å². The first kappa shape index (κ1) is 14.0. The topological polar surface area (TPSA) is 37.8 Å². The average molecular weight is 298 g/mol. The highest BCUT2D eigenvalue weighted by molar-refractivity contribution is 6.30. The Hall–Kier alpha value is -1.97. The third-order valence-corrected chi connectivity index (χ3v) is 3.71. The fourth-order valence-electron chi connectivity index (χ4n) is 2.21. The highest BCUT2D eigenvalue weighted by atomic mass is 35.5. The first-order valence-corrected chi connectivity index (χ1v) is 7.30. The van der Waals surface area contributed by atoms with Crippen LogP contribution in [-0.2, 0) is 6.54 Å². The van der Waals surface area contributed by atoms with Crippen molar-refractivity contribution in [1.82, 2.24) is 15.3 Å². The van der Waals surface area contributed by atoms with E-state index in [2.05, 4.69) is 22.2 Å². The summed E-state index contributed by atoms with van der Waals surface area (Å²) in [5.74, 6) is 0. The number of aromatic nitrogens is 2. The first-order valence-electron chi connectivity index (χ1n) is 6.92. The molecule has 0 radical (unpaired) electrons. The molecular formula is C17H16ClN3. The van der Waals surface area contributed by atoms with Crippen molar-refractivity contribution >= 4 is 22.6 Å². The molecule has 1 aromatic heterocycles. The fraction of sp³-hybridized carbons (Fsp3) is 0.176. The molecule has 1 atom stereocenters. The van der Waals surface area contributed by atoms with Crippen molar-refractivity contribution in [2.75, 3.05) is 0 Å². The summed E-state index contributed by atoms with van der Waals surface area (Å²) in [6.45, 7) is 2.80. The zero-order valence-corrected chi connectivity index (χ0v) is 12.5. The highest BCUT2D eigenvalue weighted by Crippen LogP contribution is 2.16. The maximum Gasteiger partial charge on any atom is 0.0890 e. The molecule has 0 aliphatic heterocycles. The minimum absolute atomic E-state index is 0.232. The van der Waals surface area contributed by atoms with Crippen molar-refractivity contribution < 1.29 is 0 Å². The van der Waals surface area contributed by atoms with Gasteiger partial charge in [0.05, 0.1) is 22.9 Å². The lowest BCUT2D eigenvalue weighted by Gasteiger charge is -2.14. The van der Waals surface area contributed by atoms with E-state index in [4.69, 9.17) is 11.6 Å². The second kappa shape index (κ2) is 6.20. The van der Waals surface area contributed by atoms with Crippen molar-refractivity contribution in [1.29, 1.82) is 0 Å². The average Bonchev–Trinajstić information content (AvgIpc) is 2.53. The number of rotatable bonds is 4. The van der Waals surface area contributed by atoms with Gasteiger partial charge >= 0.3 is 0 Å². The number of nitrogens with zero attached hydrogens (tertiary/aromatic N) is 2. The van der Waals surface area contributed by atoms with E-state index < -0.39 is 0 Å². The molecule has 0 amide bonds. The van der Waals surface area contributed by atoms with Crippen molar-refractivity contribution in [3.8, 4) is 0 Å². The molecule has 0 fully saturated rings. The Morgan fingerprint density at radius 3 is 2.52 bits per heavy atom. The van der Waals surface area contributed by atoms with E-state index >= 15 is 0 Å². The molecule has 1 N–H and O–H groups in total. The summed E-state index contributed by atoms with van der Waals surface area (Å²) in [5, 5.41) is 4.21. The van der Waals surface area contributed by atoms with E-state index in [0.29, 0.717) is 6.54 Å². The molecule has 4 heteroatoms. The van der Waals surface area contributed by atoms with Crippen molar-refractivity contribution in [3.05, 3.63) is 71.0 Å². The molecular weight excluding hydrogens is 282 g/mol. The first-order chi connectivity index (χ1) is 10.2. The molecule has 0 spiro atoms. The van der Waals surface area contributed by atoms with Crippen molar-refractivity contribution in [2.45, 2.75) is 19.5 Å². The van der Waals surface area contributed by atoms with Gasteiger partial charge < -0.3 is 5.32 Å². The number of benzene rings is 2. The standard InChI is InChI=1S/C17H16ClN3/c1-12(13-6-8-14(18)9-7-13)19-10-15-11-20-16-4-2-3-5-17(16)21-15/h2-9,11-12,19H,10H2,1H3. The number of hydrogen-bond donors (Lipinski definition) is 1. The van der Waals surface area contributed by atoms with E-state index in [1.807, 2.05) is 54.7 Å². The van der Waals surface area contributed by atoms with Gasteiger partial charge in [0.15, 0.2) is 0 Å². The zero-order chi connectivity index (χ0) is 14.7. The summed E-state index contributed by atoms with van der Waals surface area (Å²) in [5.41, 5.74) is 3.99. The molecule has 21 heavy (non-hydrogen) atoms. The second-order valence-electron chi connectivity index (χ2n) is 5.00. The number of fused-ring (bicyclic) bond motifs is 1. The summed E-state index contributed by atoms with van der Waals surface area (Å²) >= 11 is 5.91. The monoisotopic (exact) mass is 297 g/mol. The van der Waals surface area contributed by atoms with Crippen molar-refractivity contribution in [2.24, 2.45) is 0 Å². The molecule has 0 aliphatic carbocycles. The minimum atomic E-state index is 0.232. The normalized spacial score (nSPS) is 12.5. The van der Waals surface area contributed by atoms with Crippen LogP contribution in [0.3, 0.4) is 0 Å². The fourth-order valence-corrected chi connectivity index (χ4v) is 2.33. The molecule has 106 valence electrons. The third kappa shape index (κ3) is 3.38. The quantitative estimate of drug-likeness (QED) is 0.786. The van der Waals surface area contributed by atoms with Gasteiger partial charge in [-0.15, -0.1) is 0 Å². The van der Waals surface area contributed by atoms with Crippen LogP contribution in [0.4, 0.5) is 0 Å². The van der Waals surface area contributed by atoms with Crippen LogP contribution < -0.4 is 5.32 Å². The lowest BCUT2D eigenvalue weighted by Crippen LogP contribution is -2.18. The Balaban J connectivity index is 1.69. The number of nitrogens with one attached hydrogen (secondary N) is 1. The summed E-state index contributed by atoms with van der Waals surface area (Å²) < 4.78 is 0. The van der Waals surface area contributed by atoms with E-state index in [1.54, 1.807) is 0 Å². The highest BCUT2D eigenvalue weighted by Gasteiger charge is 2.06. The molecule has 0 bridgehead atoms. The SMILES string of the molecule is CC(NCc1cnc2ccccc2n1)c1ccc(Cl)cc1. The molecule has 3 aromatic rings. The zero-order valence-electron chi connectivity index (χ0n) is 11.8.